The van der Waals surface area contributed by atoms with E-state index in [0.29, 0.717) is 0 Å². The molecule has 4 bridgehead atoms. The Balaban J connectivity index is 1.80. The van der Waals surface area contributed by atoms with Gasteiger partial charge in [-0.2, -0.15) is 0 Å². The Kier molecular flexibility index (Phi) is 2.14. The minimum atomic E-state index is 0.117. The lowest BCUT2D eigenvalue weighted by molar-refractivity contribution is -0.166. The maximum atomic E-state index is 6.11. The Morgan fingerprint density at radius 1 is 1.07 bits per heavy atom. The van der Waals surface area contributed by atoms with E-state index < -0.39 is 0 Å². The molecule has 1 atom stereocenters. The molecular weight excluding hydrogens is 192 g/mol. The highest BCUT2D eigenvalue weighted by Crippen LogP contribution is 2.57. The first kappa shape index (κ1) is 9.53. The molecule has 0 aromatic carbocycles. The standard InChI is InChI=1S/C12H20OS/c1-8(14)13-12-5-9-2-10(6-12)4-11(3-9)7-12/h8-11,14H,2-7H2,1H3. The van der Waals surface area contributed by atoms with E-state index in [1.807, 2.05) is 0 Å². The number of thiol groups is 1. The van der Waals surface area contributed by atoms with Gasteiger partial charge < -0.3 is 4.74 Å². The highest BCUT2D eigenvalue weighted by molar-refractivity contribution is 7.80. The molecule has 4 fully saturated rings. The van der Waals surface area contributed by atoms with Gasteiger partial charge in [0.05, 0.1) is 11.0 Å². The van der Waals surface area contributed by atoms with Crippen LogP contribution in [-0.2, 0) is 4.74 Å². The van der Waals surface area contributed by atoms with Crippen molar-refractivity contribution in [3.8, 4) is 0 Å². The summed E-state index contributed by atoms with van der Waals surface area (Å²) in [7, 11) is 0. The number of hydrogen-bond donors (Lipinski definition) is 1. The van der Waals surface area contributed by atoms with Gasteiger partial charge in [-0.05, 0) is 63.2 Å². The maximum Gasteiger partial charge on any atom is 0.0978 e. The van der Waals surface area contributed by atoms with Gasteiger partial charge in [-0.1, -0.05) is 0 Å². The quantitative estimate of drug-likeness (QED) is 0.546. The largest absolute Gasteiger partial charge is 0.362 e. The lowest BCUT2D eigenvalue weighted by atomic mass is 9.54. The molecule has 80 valence electrons. The van der Waals surface area contributed by atoms with Crippen molar-refractivity contribution in [2.75, 3.05) is 0 Å². The third kappa shape index (κ3) is 1.51. The monoisotopic (exact) mass is 212 g/mol. The van der Waals surface area contributed by atoms with Crippen LogP contribution in [-0.4, -0.2) is 11.0 Å². The molecule has 4 aliphatic carbocycles. The molecule has 0 heterocycles. The summed E-state index contributed by atoms with van der Waals surface area (Å²) in [4.78, 5) is 0. The topological polar surface area (TPSA) is 9.23 Å². The lowest BCUT2D eigenvalue weighted by Gasteiger charge is -2.56. The van der Waals surface area contributed by atoms with Crippen LogP contribution in [0.3, 0.4) is 0 Å². The zero-order chi connectivity index (χ0) is 9.76. The van der Waals surface area contributed by atoms with E-state index in [4.69, 9.17) is 4.74 Å². The fourth-order valence-electron chi connectivity index (χ4n) is 4.54. The van der Waals surface area contributed by atoms with Crippen LogP contribution in [0.1, 0.15) is 45.4 Å². The molecule has 0 aromatic rings. The SMILES string of the molecule is CC(S)OC12CC3CC(CC(C3)C1)C2. The Labute approximate surface area is 92.0 Å². The fraction of sp³-hybridized carbons (Fsp3) is 1.00. The van der Waals surface area contributed by atoms with Gasteiger partial charge in [-0.15, -0.1) is 12.6 Å². The summed E-state index contributed by atoms with van der Waals surface area (Å²) in [6.07, 6.45) is 8.44. The Bertz CT molecular complexity index is 195. The average molecular weight is 212 g/mol. The van der Waals surface area contributed by atoms with E-state index in [1.165, 1.54) is 38.5 Å². The van der Waals surface area contributed by atoms with Crippen LogP contribution >= 0.6 is 12.6 Å². The predicted molar refractivity (Wildman–Crippen MR) is 60.4 cm³/mol. The molecule has 4 saturated carbocycles. The van der Waals surface area contributed by atoms with E-state index in [9.17, 15) is 0 Å². The summed E-state index contributed by atoms with van der Waals surface area (Å²) >= 11 is 4.39. The van der Waals surface area contributed by atoms with Gasteiger partial charge in [0.2, 0.25) is 0 Å². The molecule has 0 radical (unpaired) electrons. The molecule has 0 aliphatic heterocycles. The Hall–Kier alpha value is 0.310. The van der Waals surface area contributed by atoms with E-state index in [1.54, 1.807) is 0 Å². The van der Waals surface area contributed by atoms with Gasteiger partial charge in [0, 0.05) is 0 Å². The second-order valence-electron chi connectivity index (χ2n) is 5.82. The second-order valence-corrected chi connectivity index (χ2v) is 6.54. The molecule has 14 heavy (non-hydrogen) atoms. The van der Waals surface area contributed by atoms with E-state index in [0.717, 1.165) is 17.8 Å². The molecular formula is C12H20OS. The summed E-state index contributed by atoms with van der Waals surface area (Å²) < 4.78 is 6.11. The van der Waals surface area contributed by atoms with Gasteiger partial charge in [0.15, 0.2) is 0 Å². The first-order valence-corrected chi connectivity index (χ1v) is 6.53. The number of rotatable bonds is 2. The third-order valence-electron chi connectivity index (χ3n) is 4.40. The maximum absolute atomic E-state index is 6.11. The number of ether oxygens (including phenoxy) is 1. The van der Waals surface area contributed by atoms with Crippen molar-refractivity contribution < 1.29 is 4.74 Å². The van der Waals surface area contributed by atoms with Crippen molar-refractivity contribution in [1.82, 2.24) is 0 Å². The predicted octanol–water partition coefficient (Wildman–Crippen LogP) is 3.25. The average Bonchev–Trinajstić information content (AvgIpc) is 1.96. The lowest BCUT2D eigenvalue weighted by Crippen LogP contribution is -2.52. The van der Waals surface area contributed by atoms with Crippen LogP contribution in [0.2, 0.25) is 0 Å². The molecule has 0 aromatic heterocycles. The van der Waals surface area contributed by atoms with Gasteiger partial charge in [-0.3, -0.25) is 0 Å². The number of hydrogen-bond acceptors (Lipinski definition) is 2. The van der Waals surface area contributed by atoms with Crippen LogP contribution in [0.5, 0.6) is 0 Å². The van der Waals surface area contributed by atoms with Gasteiger partial charge in [-0.25, -0.2) is 0 Å². The highest BCUT2D eigenvalue weighted by Gasteiger charge is 2.51. The highest BCUT2D eigenvalue weighted by atomic mass is 32.1. The molecule has 1 unspecified atom stereocenters. The molecule has 0 N–H and O–H groups in total. The fourth-order valence-corrected chi connectivity index (χ4v) is 4.76. The molecule has 0 spiro atoms. The van der Waals surface area contributed by atoms with Gasteiger partial charge >= 0.3 is 0 Å². The van der Waals surface area contributed by atoms with Crippen LogP contribution in [0, 0.1) is 17.8 Å². The normalized spacial score (nSPS) is 52.3. The molecule has 1 nitrogen and oxygen atoms in total. The zero-order valence-electron chi connectivity index (χ0n) is 8.91. The van der Waals surface area contributed by atoms with E-state index >= 15 is 0 Å². The van der Waals surface area contributed by atoms with Crippen molar-refractivity contribution in [3.63, 3.8) is 0 Å². The smallest absolute Gasteiger partial charge is 0.0978 e. The minimum Gasteiger partial charge on any atom is -0.362 e. The van der Waals surface area contributed by atoms with Crippen LogP contribution in [0.4, 0.5) is 0 Å². The first-order chi connectivity index (χ1) is 6.65. The van der Waals surface area contributed by atoms with Crippen LogP contribution in [0.25, 0.3) is 0 Å². The van der Waals surface area contributed by atoms with Crippen molar-refractivity contribution in [2.24, 2.45) is 17.8 Å². The molecule has 2 heteroatoms. The summed E-state index contributed by atoms with van der Waals surface area (Å²) in [6.45, 7) is 2.06. The molecule has 0 amide bonds. The first-order valence-electron chi connectivity index (χ1n) is 6.01. The van der Waals surface area contributed by atoms with Gasteiger partial charge in [0.25, 0.3) is 0 Å². The second kappa shape index (κ2) is 3.15. The Morgan fingerprint density at radius 3 is 1.86 bits per heavy atom. The van der Waals surface area contributed by atoms with Crippen molar-refractivity contribution >= 4 is 12.6 Å². The van der Waals surface area contributed by atoms with Crippen molar-refractivity contribution in [2.45, 2.75) is 56.5 Å². The molecule has 4 aliphatic rings. The summed E-state index contributed by atoms with van der Waals surface area (Å²) in [6, 6.07) is 0. The van der Waals surface area contributed by atoms with Crippen LogP contribution < -0.4 is 0 Å². The summed E-state index contributed by atoms with van der Waals surface area (Å²) in [5.74, 6) is 2.94. The summed E-state index contributed by atoms with van der Waals surface area (Å²) in [5.41, 5.74) is 0.363. The zero-order valence-corrected chi connectivity index (χ0v) is 9.80. The van der Waals surface area contributed by atoms with E-state index in [-0.39, 0.29) is 11.0 Å². The van der Waals surface area contributed by atoms with E-state index in [2.05, 4.69) is 19.6 Å². The molecule has 4 rings (SSSR count). The molecule has 0 saturated heterocycles. The third-order valence-corrected chi connectivity index (χ3v) is 4.51. The minimum absolute atomic E-state index is 0.117. The Morgan fingerprint density at radius 2 is 1.50 bits per heavy atom. The van der Waals surface area contributed by atoms with Crippen molar-refractivity contribution in [1.29, 1.82) is 0 Å². The van der Waals surface area contributed by atoms with Crippen molar-refractivity contribution in [3.05, 3.63) is 0 Å². The van der Waals surface area contributed by atoms with Crippen LogP contribution in [0.15, 0.2) is 0 Å². The summed E-state index contributed by atoms with van der Waals surface area (Å²) in [5, 5.41) is 0. The van der Waals surface area contributed by atoms with Gasteiger partial charge in [0.1, 0.15) is 0 Å².